The monoisotopic (exact) mass is 876 g/mol. The van der Waals surface area contributed by atoms with Gasteiger partial charge in [0.15, 0.2) is 0 Å². The van der Waals surface area contributed by atoms with E-state index >= 15 is 0 Å². The minimum absolute atomic E-state index is 1.09. The first-order valence-corrected chi connectivity index (χ1v) is 24.0. The smallest absolute Gasteiger partial charge is 0.0567 e. The summed E-state index contributed by atoms with van der Waals surface area (Å²) in [7, 11) is 0. The molecule has 310 valence electrons. The molecule has 0 radical (unpaired) electrons. The molecular weight excluding hydrogens is 837 g/mol. The molecular formula is C62H40N2S2. The Labute approximate surface area is 391 Å². The summed E-state index contributed by atoms with van der Waals surface area (Å²) in [6, 6.07) is 89.0. The molecule has 0 saturated carbocycles. The molecule has 66 heavy (non-hydrogen) atoms. The molecule has 11 aromatic carbocycles. The van der Waals surface area contributed by atoms with Gasteiger partial charge >= 0.3 is 0 Å². The average Bonchev–Trinajstić information content (AvgIpc) is 3.94. The molecule has 2 nitrogen and oxygen atoms in total. The largest absolute Gasteiger partial charge is 0.310 e. The second kappa shape index (κ2) is 15.9. The summed E-state index contributed by atoms with van der Waals surface area (Å²) in [5.41, 5.74) is 11.6. The third kappa shape index (κ3) is 6.61. The lowest BCUT2D eigenvalue weighted by atomic mass is 9.97. The maximum absolute atomic E-state index is 2.47. The van der Waals surface area contributed by atoms with E-state index in [9.17, 15) is 0 Å². The van der Waals surface area contributed by atoms with Gasteiger partial charge in [0.25, 0.3) is 0 Å². The van der Waals surface area contributed by atoms with E-state index in [2.05, 4.69) is 252 Å². The van der Waals surface area contributed by atoms with Gasteiger partial charge in [0, 0.05) is 74.2 Å². The minimum Gasteiger partial charge on any atom is -0.310 e. The standard InChI is InChI=1S/C62H40N2S2/c1-5-15-41(16-6-1)44-27-31-53-55-33-29-49(39-60(55)65-58(53)36-44)63(47-20-9-3-10-21-47)51-35-46-26-25-43-19-13-14-24-52(43)62(46)57(38-51)64(48-22-11-4-12-23-48)50-30-34-56-54-32-28-45(42-17-7-2-8-18-42)37-59(54)66-61(56)40-50/h1-40H. The number of benzene rings is 11. The van der Waals surface area contributed by atoms with Crippen LogP contribution in [0.3, 0.4) is 0 Å². The Kier molecular flexibility index (Phi) is 9.26. The quantitative estimate of drug-likeness (QED) is 0.140. The van der Waals surface area contributed by atoms with Crippen molar-refractivity contribution in [3.8, 4) is 22.3 Å². The Morgan fingerprint density at radius 2 is 0.682 bits per heavy atom. The van der Waals surface area contributed by atoms with E-state index in [4.69, 9.17) is 0 Å². The van der Waals surface area contributed by atoms with E-state index in [1.165, 1.54) is 84.1 Å². The van der Waals surface area contributed by atoms with Crippen LogP contribution in [0.25, 0.3) is 84.1 Å². The third-order valence-electron chi connectivity index (χ3n) is 13.0. The van der Waals surface area contributed by atoms with Crippen LogP contribution in [0.1, 0.15) is 0 Å². The van der Waals surface area contributed by atoms with Crippen LogP contribution in [-0.4, -0.2) is 0 Å². The molecule has 13 aromatic rings. The summed E-state index contributed by atoms with van der Waals surface area (Å²) in [6.45, 7) is 0. The molecule has 0 atom stereocenters. The van der Waals surface area contributed by atoms with E-state index in [-0.39, 0.29) is 0 Å². The second-order valence-corrected chi connectivity index (χ2v) is 19.1. The molecule has 2 aromatic heterocycles. The van der Waals surface area contributed by atoms with Crippen LogP contribution in [0.2, 0.25) is 0 Å². The predicted molar refractivity (Wildman–Crippen MR) is 287 cm³/mol. The molecule has 13 rings (SSSR count). The Morgan fingerprint density at radius 1 is 0.242 bits per heavy atom. The van der Waals surface area contributed by atoms with Gasteiger partial charge in [-0.15, -0.1) is 22.7 Å². The lowest BCUT2D eigenvalue weighted by molar-refractivity contribution is 1.27. The van der Waals surface area contributed by atoms with Crippen LogP contribution in [0.4, 0.5) is 34.1 Å². The molecule has 0 fully saturated rings. The van der Waals surface area contributed by atoms with E-state index < -0.39 is 0 Å². The van der Waals surface area contributed by atoms with Crippen molar-refractivity contribution in [1.82, 2.24) is 0 Å². The summed E-state index contributed by atoms with van der Waals surface area (Å²) >= 11 is 3.74. The first-order valence-electron chi connectivity index (χ1n) is 22.4. The highest BCUT2D eigenvalue weighted by Crippen LogP contribution is 2.49. The van der Waals surface area contributed by atoms with E-state index in [1.807, 2.05) is 22.7 Å². The summed E-state index contributed by atoms with van der Waals surface area (Å²) in [5, 5.41) is 9.96. The average molecular weight is 877 g/mol. The van der Waals surface area contributed by atoms with Gasteiger partial charge in [-0.2, -0.15) is 0 Å². The molecule has 0 amide bonds. The molecule has 0 saturated heterocycles. The van der Waals surface area contributed by atoms with Gasteiger partial charge in [0.2, 0.25) is 0 Å². The lowest BCUT2D eigenvalue weighted by Crippen LogP contribution is -2.14. The Morgan fingerprint density at radius 3 is 1.24 bits per heavy atom. The molecule has 0 unspecified atom stereocenters. The van der Waals surface area contributed by atoms with Crippen LogP contribution in [0, 0.1) is 0 Å². The summed E-state index contributed by atoms with van der Waals surface area (Å²) in [5.74, 6) is 0. The van der Waals surface area contributed by atoms with Crippen molar-refractivity contribution in [1.29, 1.82) is 0 Å². The van der Waals surface area contributed by atoms with Crippen LogP contribution >= 0.6 is 22.7 Å². The zero-order valence-electron chi connectivity index (χ0n) is 35.8. The van der Waals surface area contributed by atoms with Crippen LogP contribution in [-0.2, 0) is 0 Å². The number of rotatable bonds is 8. The van der Waals surface area contributed by atoms with Crippen molar-refractivity contribution < 1.29 is 0 Å². The minimum atomic E-state index is 1.09. The maximum Gasteiger partial charge on any atom is 0.0567 e. The zero-order valence-corrected chi connectivity index (χ0v) is 37.4. The summed E-state index contributed by atoms with van der Waals surface area (Å²) in [6.07, 6.45) is 0. The van der Waals surface area contributed by atoms with Gasteiger partial charge in [-0.25, -0.2) is 0 Å². The van der Waals surface area contributed by atoms with E-state index in [0.29, 0.717) is 0 Å². The van der Waals surface area contributed by atoms with Gasteiger partial charge in [-0.05, 0) is 111 Å². The number of fused-ring (bicyclic) bond motifs is 9. The molecule has 0 aliphatic carbocycles. The van der Waals surface area contributed by atoms with Gasteiger partial charge in [-0.1, -0.05) is 170 Å². The molecule has 4 heteroatoms. The van der Waals surface area contributed by atoms with Crippen LogP contribution in [0.5, 0.6) is 0 Å². The van der Waals surface area contributed by atoms with Gasteiger partial charge in [0.1, 0.15) is 0 Å². The van der Waals surface area contributed by atoms with E-state index in [1.54, 1.807) is 0 Å². The Bertz CT molecular complexity index is 3930. The Balaban J connectivity index is 1.02. The number of hydrogen-bond donors (Lipinski definition) is 0. The highest BCUT2D eigenvalue weighted by molar-refractivity contribution is 7.26. The highest BCUT2D eigenvalue weighted by Gasteiger charge is 2.23. The number of anilines is 6. The summed E-state index contributed by atoms with van der Waals surface area (Å²) in [4.78, 5) is 4.90. The van der Waals surface area contributed by atoms with Gasteiger partial charge in [-0.3, -0.25) is 0 Å². The van der Waals surface area contributed by atoms with Crippen molar-refractivity contribution >= 4 is 119 Å². The number of nitrogens with zero attached hydrogens (tertiary/aromatic N) is 2. The molecule has 0 spiro atoms. The van der Waals surface area contributed by atoms with Crippen LogP contribution < -0.4 is 9.80 Å². The first kappa shape index (κ1) is 38.4. The zero-order chi connectivity index (χ0) is 43.6. The van der Waals surface area contributed by atoms with E-state index in [0.717, 1.165) is 34.1 Å². The number of thiophene rings is 2. The molecule has 0 N–H and O–H groups in total. The highest BCUT2D eigenvalue weighted by atomic mass is 32.1. The topological polar surface area (TPSA) is 6.48 Å². The second-order valence-electron chi connectivity index (χ2n) is 16.9. The fourth-order valence-corrected chi connectivity index (χ4v) is 12.2. The van der Waals surface area contributed by atoms with Crippen molar-refractivity contribution in [2.24, 2.45) is 0 Å². The van der Waals surface area contributed by atoms with Gasteiger partial charge in [0.05, 0.1) is 5.69 Å². The Hall–Kier alpha value is -8.02. The predicted octanol–water partition coefficient (Wildman–Crippen LogP) is 19.0. The lowest BCUT2D eigenvalue weighted by Gasteiger charge is -2.31. The van der Waals surface area contributed by atoms with Crippen molar-refractivity contribution in [3.63, 3.8) is 0 Å². The fourth-order valence-electron chi connectivity index (χ4n) is 9.87. The van der Waals surface area contributed by atoms with Crippen molar-refractivity contribution in [2.75, 3.05) is 9.80 Å². The van der Waals surface area contributed by atoms with Crippen LogP contribution in [0.15, 0.2) is 243 Å². The van der Waals surface area contributed by atoms with Crippen molar-refractivity contribution in [2.45, 2.75) is 0 Å². The first-order chi connectivity index (χ1) is 32.7. The number of hydrogen-bond acceptors (Lipinski definition) is 4. The van der Waals surface area contributed by atoms with Crippen molar-refractivity contribution in [3.05, 3.63) is 243 Å². The number of para-hydroxylation sites is 2. The molecule has 0 aliphatic heterocycles. The molecule has 0 aliphatic rings. The normalized spacial score (nSPS) is 11.6. The third-order valence-corrected chi connectivity index (χ3v) is 15.2. The SMILES string of the molecule is c1ccc(-c2ccc3c(c2)sc2cc(N(c4ccccc4)c4cc(N(c5ccccc5)c5ccc6c(c5)sc5cc(-c7ccccc7)ccc56)c5c(ccc6ccccc65)c4)ccc23)cc1. The summed E-state index contributed by atoms with van der Waals surface area (Å²) < 4.78 is 5.11. The van der Waals surface area contributed by atoms with Gasteiger partial charge < -0.3 is 9.80 Å². The molecule has 2 heterocycles. The maximum atomic E-state index is 2.47. The fraction of sp³-hybridized carbons (Fsp3) is 0. The molecule has 0 bridgehead atoms.